The SMILES string of the molecule is Cc1ccc(C)c(/C(O)=C2\C(=O)C(=O)N(c3ccc(F)c(F)c3)C2c2ccc(F)cc2)c1. The van der Waals surface area contributed by atoms with Crippen molar-refractivity contribution in [3.8, 4) is 0 Å². The Morgan fingerprint density at radius 2 is 1.56 bits per heavy atom. The lowest BCUT2D eigenvalue weighted by molar-refractivity contribution is -0.132. The summed E-state index contributed by atoms with van der Waals surface area (Å²) >= 11 is 0. The van der Waals surface area contributed by atoms with Crippen molar-refractivity contribution < 1.29 is 27.9 Å². The lowest BCUT2D eigenvalue weighted by Crippen LogP contribution is -2.29. The summed E-state index contributed by atoms with van der Waals surface area (Å²) in [5, 5.41) is 11.1. The number of rotatable bonds is 3. The van der Waals surface area contributed by atoms with Crippen LogP contribution >= 0.6 is 0 Å². The number of hydrogen-bond donors (Lipinski definition) is 1. The van der Waals surface area contributed by atoms with Crippen LogP contribution in [-0.4, -0.2) is 16.8 Å². The Morgan fingerprint density at radius 3 is 2.22 bits per heavy atom. The van der Waals surface area contributed by atoms with E-state index in [9.17, 15) is 27.9 Å². The number of aryl methyl sites for hydroxylation is 2. The van der Waals surface area contributed by atoms with Gasteiger partial charge >= 0.3 is 0 Å². The van der Waals surface area contributed by atoms with Crippen molar-refractivity contribution >= 4 is 23.1 Å². The highest BCUT2D eigenvalue weighted by Crippen LogP contribution is 2.42. The van der Waals surface area contributed by atoms with Gasteiger partial charge in [-0.2, -0.15) is 0 Å². The van der Waals surface area contributed by atoms with E-state index in [-0.39, 0.29) is 11.3 Å². The number of aliphatic hydroxyl groups excluding tert-OH is 1. The van der Waals surface area contributed by atoms with E-state index in [1.807, 2.05) is 13.0 Å². The summed E-state index contributed by atoms with van der Waals surface area (Å²) in [7, 11) is 0. The highest BCUT2D eigenvalue weighted by Gasteiger charge is 2.47. The topological polar surface area (TPSA) is 57.6 Å². The van der Waals surface area contributed by atoms with Gasteiger partial charge in [-0.15, -0.1) is 0 Å². The molecule has 0 aliphatic carbocycles. The summed E-state index contributed by atoms with van der Waals surface area (Å²) in [5.74, 6) is -5.24. The molecule has 7 heteroatoms. The van der Waals surface area contributed by atoms with Crippen molar-refractivity contribution in [1.82, 2.24) is 0 Å². The van der Waals surface area contributed by atoms with Crippen LogP contribution < -0.4 is 4.90 Å². The molecule has 0 spiro atoms. The molecule has 1 unspecified atom stereocenters. The van der Waals surface area contributed by atoms with Crippen LogP contribution in [0.5, 0.6) is 0 Å². The van der Waals surface area contributed by atoms with Gasteiger partial charge in [-0.3, -0.25) is 14.5 Å². The molecule has 162 valence electrons. The quantitative estimate of drug-likeness (QED) is 0.342. The summed E-state index contributed by atoms with van der Waals surface area (Å²) in [5.41, 5.74) is 1.89. The summed E-state index contributed by atoms with van der Waals surface area (Å²) in [6, 6.07) is 12.0. The predicted octanol–water partition coefficient (Wildman–Crippen LogP) is 5.35. The van der Waals surface area contributed by atoms with Crippen LogP contribution in [0.2, 0.25) is 0 Å². The molecule has 3 aromatic carbocycles. The number of halogens is 3. The molecule has 32 heavy (non-hydrogen) atoms. The number of amides is 1. The van der Waals surface area contributed by atoms with Crippen LogP contribution in [0.25, 0.3) is 5.76 Å². The van der Waals surface area contributed by atoms with Gasteiger partial charge in [0, 0.05) is 17.3 Å². The third kappa shape index (κ3) is 3.56. The van der Waals surface area contributed by atoms with E-state index in [2.05, 4.69) is 0 Å². The minimum absolute atomic E-state index is 0.0691. The standard InChI is InChI=1S/C25H18F3NO3/c1-13-3-4-14(2)18(11-13)23(30)21-22(15-5-7-16(26)8-6-15)29(25(32)24(21)31)17-9-10-19(27)20(28)12-17/h3-12,22,30H,1-2H3/b23-21+. The third-order valence-electron chi connectivity index (χ3n) is 5.46. The maximum Gasteiger partial charge on any atom is 0.300 e. The average molecular weight is 437 g/mol. The monoisotopic (exact) mass is 437 g/mol. The highest BCUT2D eigenvalue weighted by atomic mass is 19.2. The first-order valence-electron chi connectivity index (χ1n) is 9.78. The fourth-order valence-corrected chi connectivity index (χ4v) is 3.83. The highest BCUT2D eigenvalue weighted by molar-refractivity contribution is 6.51. The van der Waals surface area contributed by atoms with Gasteiger partial charge in [-0.05, 0) is 55.3 Å². The molecule has 1 N–H and O–H groups in total. The predicted molar refractivity (Wildman–Crippen MR) is 113 cm³/mol. The van der Waals surface area contributed by atoms with Gasteiger partial charge in [-0.1, -0.05) is 29.8 Å². The van der Waals surface area contributed by atoms with Crippen LogP contribution in [0.4, 0.5) is 18.9 Å². The third-order valence-corrected chi connectivity index (χ3v) is 5.46. The molecule has 1 fully saturated rings. The smallest absolute Gasteiger partial charge is 0.300 e. The molecule has 4 rings (SSSR count). The van der Waals surface area contributed by atoms with E-state index in [0.717, 1.165) is 40.8 Å². The van der Waals surface area contributed by atoms with Gasteiger partial charge in [-0.25, -0.2) is 13.2 Å². The Hall–Kier alpha value is -3.87. The minimum Gasteiger partial charge on any atom is -0.507 e. The number of nitrogens with zero attached hydrogens (tertiary/aromatic N) is 1. The fraction of sp³-hybridized carbons (Fsp3) is 0.120. The molecule has 1 atom stereocenters. The minimum atomic E-state index is -1.20. The number of hydrogen-bond acceptors (Lipinski definition) is 3. The van der Waals surface area contributed by atoms with Crippen LogP contribution in [0, 0.1) is 31.3 Å². The van der Waals surface area contributed by atoms with Crippen LogP contribution in [0.1, 0.15) is 28.3 Å². The lowest BCUT2D eigenvalue weighted by Gasteiger charge is -2.25. The van der Waals surface area contributed by atoms with Gasteiger partial charge in [0.05, 0.1) is 11.6 Å². The first kappa shape index (κ1) is 21.4. The number of carbonyl (C=O) groups excluding carboxylic acids is 2. The van der Waals surface area contributed by atoms with E-state index in [0.29, 0.717) is 16.7 Å². The van der Waals surface area contributed by atoms with Crippen molar-refractivity contribution in [2.24, 2.45) is 0 Å². The Morgan fingerprint density at radius 1 is 0.875 bits per heavy atom. The Balaban J connectivity index is 1.99. The molecule has 1 aliphatic rings. The molecule has 1 aliphatic heterocycles. The number of ketones is 1. The lowest BCUT2D eigenvalue weighted by atomic mass is 9.93. The molecule has 3 aromatic rings. The van der Waals surface area contributed by atoms with Gasteiger partial charge in [0.15, 0.2) is 11.6 Å². The Labute approximate surface area is 182 Å². The molecule has 0 radical (unpaired) electrons. The summed E-state index contributed by atoms with van der Waals surface area (Å²) in [6.45, 7) is 3.56. The van der Waals surface area contributed by atoms with E-state index in [1.165, 1.54) is 12.1 Å². The van der Waals surface area contributed by atoms with Crippen molar-refractivity contribution in [2.45, 2.75) is 19.9 Å². The van der Waals surface area contributed by atoms with Gasteiger partial charge in [0.2, 0.25) is 0 Å². The first-order valence-corrected chi connectivity index (χ1v) is 9.78. The van der Waals surface area contributed by atoms with Crippen molar-refractivity contribution in [2.75, 3.05) is 4.90 Å². The van der Waals surface area contributed by atoms with Gasteiger partial charge < -0.3 is 5.11 Å². The number of Topliss-reactive ketones (excluding diaryl/α,β-unsaturated/α-hetero) is 1. The van der Waals surface area contributed by atoms with Crippen LogP contribution in [-0.2, 0) is 9.59 Å². The molecule has 4 nitrogen and oxygen atoms in total. The first-order chi connectivity index (χ1) is 15.2. The van der Waals surface area contributed by atoms with Crippen molar-refractivity contribution in [3.05, 3.63) is 106 Å². The fourth-order valence-electron chi connectivity index (χ4n) is 3.83. The Kier molecular flexibility index (Phi) is 5.34. The largest absolute Gasteiger partial charge is 0.507 e. The van der Waals surface area contributed by atoms with Crippen molar-refractivity contribution in [3.63, 3.8) is 0 Å². The van der Waals surface area contributed by atoms with E-state index in [1.54, 1.807) is 19.1 Å². The van der Waals surface area contributed by atoms with Crippen molar-refractivity contribution in [1.29, 1.82) is 0 Å². The van der Waals surface area contributed by atoms with Crippen LogP contribution in [0.15, 0.2) is 66.2 Å². The maximum atomic E-state index is 13.9. The normalized spacial score (nSPS) is 17.8. The molecule has 1 saturated heterocycles. The van der Waals surface area contributed by atoms with Gasteiger partial charge in [0.25, 0.3) is 11.7 Å². The molecular formula is C25H18F3NO3. The molecule has 1 amide bonds. The van der Waals surface area contributed by atoms with Gasteiger partial charge in [0.1, 0.15) is 11.6 Å². The Bertz CT molecular complexity index is 1280. The average Bonchev–Trinajstić information content (AvgIpc) is 3.02. The van der Waals surface area contributed by atoms with E-state index in [4.69, 9.17) is 0 Å². The number of aliphatic hydroxyl groups is 1. The summed E-state index contributed by atoms with van der Waals surface area (Å²) in [6.07, 6.45) is 0. The van der Waals surface area contributed by atoms with E-state index >= 15 is 0 Å². The zero-order chi connectivity index (χ0) is 23.2. The number of carbonyl (C=O) groups is 2. The molecule has 0 aromatic heterocycles. The van der Waals surface area contributed by atoms with Crippen LogP contribution in [0.3, 0.4) is 0 Å². The number of benzene rings is 3. The number of anilines is 1. The zero-order valence-electron chi connectivity index (χ0n) is 17.2. The molecule has 0 saturated carbocycles. The summed E-state index contributed by atoms with van der Waals surface area (Å²) < 4.78 is 41.0. The molecular weight excluding hydrogens is 419 g/mol. The second-order valence-electron chi connectivity index (χ2n) is 7.64. The molecule has 0 bridgehead atoms. The summed E-state index contributed by atoms with van der Waals surface area (Å²) in [4.78, 5) is 27.0. The molecule has 1 heterocycles. The second kappa shape index (κ2) is 8.00. The second-order valence-corrected chi connectivity index (χ2v) is 7.64. The zero-order valence-corrected chi connectivity index (χ0v) is 17.2. The van der Waals surface area contributed by atoms with E-state index < -0.39 is 40.9 Å². The maximum absolute atomic E-state index is 13.9.